The van der Waals surface area contributed by atoms with Gasteiger partial charge in [-0.05, 0) is 32.0 Å². The number of aryl methyl sites for hydroxylation is 4. The summed E-state index contributed by atoms with van der Waals surface area (Å²) in [7, 11) is 3.85. The minimum atomic E-state index is 0.0742. The van der Waals surface area contributed by atoms with Gasteiger partial charge in [0.1, 0.15) is 5.65 Å². The first-order valence-corrected chi connectivity index (χ1v) is 7.06. The van der Waals surface area contributed by atoms with E-state index < -0.39 is 0 Å². The second-order valence-corrected chi connectivity index (χ2v) is 5.01. The highest BCUT2D eigenvalue weighted by atomic mass is 16.1. The summed E-state index contributed by atoms with van der Waals surface area (Å²) in [4.78, 5) is 12.0. The van der Waals surface area contributed by atoms with Crippen LogP contribution in [0.3, 0.4) is 0 Å². The monoisotopic (exact) mass is 270 g/mol. The summed E-state index contributed by atoms with van der Waals surface area (Å²) in [5.74, 6) is 0. The maximum absolute atomic E-state index is 12.0. The lowest BCUT2D eigenvalue weighted by atomic mass is 10.1. The Morgan fingerprint density at radius 1 is 0.900 bits per heavy atom. The summed E-state index contributed by atoms with van der Waals surface area (Å²) < 4.78 is 3.82. The Morgan fingerprint density at radius 2 is 1.55 bits per heavy atom. The van der Waals surface area contributed by atoms with Crippen molar-refractivity contribution in [3.05, 3.63) is 45.7 Å². The molecule has 2 aromatic heterocycles. The lowest BCUT2D eigenvalue weighted by Gasteiger charge is -2.05. The highest BCUT2D eigenvalue weighted by Gasteiger charge is 2.12. The molecule has 3 aromatic rings. The fourth-order valence-corrected chi connectivity index (χ4v) is 2.76. The molecule has 0 saturated carbocycles. The first-order chi connectivity index (χ1) is 9.50. The van der Waals surface area contributed by atoms with Crippen molar-refractivity contribution in [3.8, 4) is 0 Å². The molecule has 106 valence electrons. The Morgan fingerprint density at radius 3 is 2.20 bits per heavy atom. The molecule has 0 aliphatic heterocycles. The lowest BCUT2D eigenvalue weighted by Crippen LogP contribution is -2.20. The van der Waals surface area contributed by atoms with Crippen LogP contribution in [0.2, 0.25) is 0 Å². The average Bonchev–Trinajstić information content (AvgIpc) is 2.71. The van der Waals surface area contributed by atoms with Gasteiger partial charge in [0.05, 0.1) is 5.52 Å². The number of benzene rings is 1. The number of fused-ring (bicyclic) bond motifs is 3. The third-order valence-corrected chi connectivity index (χ3v) is 3.68. The third kappa shape index (κ3) is 1.94. The molecule has 3 nitrogen and oxygen atoms in total. The van der Waals surface area contributed by atoms with E-state index in [9.17, 15) is 4.79 Å². The zero-order valence-electron chi connectivity index (χ0n) is 13.1. The predicted molar refractivity (Wildman–Crippen MR) is 86.5 cm³/mol. The van der Waals surface area contributed by atoms with E-state index in [1.165, 1.54) is 10.9 Å². The first kappa shape index (κ1) is 14.4. The average molecular weight is 270 g/mol. The number of rotatable bonds is 0. The van der Waals surface area contributed by atoms with E-state index in [4.69, 9.17) is 0 Å². The van der Waals surface area contributed by atoms with Crippen molar-refractivity contribution in [2.45, 2.75) is 27.7 Å². The van der Waals surface area contributed by atoms with E-state index in [-0.39, 0.29) is 5.56 Å². The van der Waals surface area contributed by atoms with E-state index in [1.54, 1.807) is 4.57 Å². The fraction of sp³-hybridized carbons (Fsp3) is 0.353. The molecule has 0 fully saturated rings. The maximum atomic E-state index is 12.0. The summed E-state index contributed by atoms with van der Waals surface area (Å²) >= 11 is 0. The predicted octanol–water partition coefficient (Wildman–Crippen LogP) is 3.67. The molecule has 2 heterocycles. The number of pyridine rings is 1. The Bertz CT molecular complexity index is 838. The van der Waals surface area contributed by atoms with Crippen LogP contribution in [-0.4, -0.2) is 9.13 Å². The molecule has 20 heavy (non-hydrogen) atoms. The normalized spacial score (nSPS) is 10.7. The zero-order valence-corrected chi connectivity index (χ0v) is 13.1. The molecule has 0 radical (unpaired) electrons. The number of hydrogen-bond acceptors (Lipinski definition) is 1. The minimum Gasteiger partial charge on any atom is -0.330 e. The smallest absolute Gasteiger partial charge is 0.254 e. The van der Waals surface area contributed by atoms with Gasteiger partial charge in [0.25, 0.3) is 5.56 Å². The third-order valence-electron chi connectivity index (χ3n) is 3.68. The zero-order chi connectivity index (χ0) is 15.0. The van der Waals surface area contributed by atoms with E-state index in [0.717, 1.165) is 22.1 Å². The van der Waals surface area contributed by atoms with Gasteiger partial charge in [-0.25, -0.2) is 0 Å². The van der Waals surface area contributed by atoms with Gasteiger partial charge in [0.2, 0.25) is 0 Å². The van der Waals surface area contributed by atoms with Crippen LogP contribution in [0.5, 0.6) is 0 Å². The maximum Gasteiger partial charge on any atom is 0.254 e. The van der Waals surface area contributed by atoms with Crippen molar-refractivity contribution in [2.75, 3.05) is 0 Å². The van der Waals surface area contributed by atoms with Crippen LogP contribution < -0.4 is 5.56 Å². The number of hydrogen-bond donors (Lipinski definition) is 0. The van der Waals surface area contributed by atoms with Gasteiger partial charge in [-0.15, -0.1) is 0 Å². The molecule has 0 N–H and O–H groups in total. The van der Waals surface area contributed by atoms with Crippen molar-refractivity contribution in [2.24, 2.45) is 14.1 Å². The highest BCUT2D eigenvalue weighted by Crippen LogP contribution is 2.28. The van der Waals surface area contributed by atoms with Crippen LogP contribution in [0.1, 0.15) is 25.0 Å². The Balaban J connectivity index is 0.000000704. The van der Waals surface area contributed by atoms with E-state index in [2.05, 4.69) is 29.7 Å². The summed E-state index contributed by atoms with van der Waals surface area (Å²) in [5.41, 5.74) is 4.24. The van der Waals surface area contributed by atoms with Gasteiger partial charge >= 0.3 is 0 Å². The molecule has 0 aliphatic rings. The van der Waals surface area contributed by atoms with Gasteiger partial charge in [-0.2, -0.15) is 0 Å². The van der Waals surface area contributed by atoms with Crippen molar-refractivity contribution in [1.82, 2.24) is 9.13 Å². The molecule has 0 amide bonds. The van der Waals surface area contributed by atoms with Crippen molar-refractivity contribution in [3.63, 3.8) is 0 Å². The van der Waals surface area contributed by atoms with Crippen molar-refractivity contribution in [1.29, 1.82) is 0 Å². The van der Waals surface area contributed by atoms with Crippen LogP contribution >= 0.6 is 0 Å². The molecule has 0 unspecified atom stereocenters. The van der Waals surface area contributed by atoms with Crippen LogP contribution in [-0.2, 0) is 14.1 Å². The van der Waals surface area contributed by atoms with Crippen LogP contribution in [0, 0.1) is 13.8 Å². The molecule has 0 saturated heterocycles. The van der Waals surface area contributed by atoms with Gasteiger partial charge < -0.3 is 4.57 Å². The minimum absolute atomic E-state index is 0.0742. The summed E-state index contributed by atoms with van der Waals surface area (Å²) in [6.45, 7) is 7.96. The molecule has 0 bridgehead atoms. The van der Waals surface area contributed by atoms with Crippen LogP contribution in [0.15, 0.2) is 29.1 Å². The van der Waals surface area contributed by atoms with Crippen LogP contribution in [0.25, 0.3) is 21.9 Å². The van der Waals surface area contributed by atoms with Gasteiger partial charge in [0, 0.05) is 30.4 Å². The number of nitrogens with zero attached hydrogens (tertiary/aromatic N) is 2. The summed E-state index contributed by atoms with van der Waals surface area (Å²) in [5, 5.41) is 2.36. The second-order valence-electron chi connectivity index (χ2n) is 5.01. The molecular weight excluding hydrogens is 248 g/mol. The number of aromatic nitrogens is 2. The Labute approximate surface area is 119 Å². The fourth-order valence-electron chi connectivity index (χ4n) is 2.76. The molecule has 0 spiro atoms. The molecule has 0 atom stereocenters. The molecule has 1 aromatic carbocycles. The second kappa shape index (κ2) is 5.16. The standard InChI is InChI=1S/C15H16N2O.C2H6/c1-9-5-6-13-11(7-9)12-8-10(2)15(18)17(4)14(12)16(13)3;1-2/h5-8H,1-4H3;1-2H3. The Hall–Kier alpha value is -2.03. The summed E-state index contributed by atoms with van der Waals surface area (Å²) in [6.07, 6.45) is 0. The molecular formula is C17H22N2O. The van der Waals surface area contributed by atoms with Crippen molar-refractivity contribution >= 4 is 21.9 Å². The highest BCUT2D eigenvalue weighted by molar-refractivity contribution is 6.07. The van der Waals surface area contributed by atoms with Gasteiger partial charge in [-0.1, -0.05) is 25.5 Å². The summed E-state index contributed by atoms with van der Waals surface area (Å²) in [6, 6.07) is 8.40. The topological polar surface area (TPSA) is 26.9 Å². The van der Waals surface area contributed by atoms with Crippen LogP contribution in [0.4, 0.5) is 0 Å². The van der Waals surface area contributed by atoms with E-state index >= 15 is 0 Å². The lowest BCUT2D eigenvalue weighted by molar-refractivity contribution is 0.837. The van der Waals surface area contributed by atoms with E-state index in [1.807, 2.05) is 40.9 Å². The van der Waals surface area contributed by atoms with Gasteiger partial charge in [0.15, 0.2) is 0 Å². The van der Waals surface area contributed by atoms with Crippen molar-refractivity contribution < 1.29 is 0 Å². The quantitative estimate of drug-likeness (QED) is 0.612. The SMILES string of the molecule is CC.Cc1ccc2c(c1)c1cc(C)c(=O)n(C)c1n2C. The molecule has 3 rings (SSSR count). The first-order valence-electron chi connectivity index (χ1n) is 7.06. The largest absolute Gasteiger partial charge is 0.330 e. The van der Waals surface area contributed by atoms with Gasteiger partial charge in [-0.3, -0.25) is 9.36 Å². The Kier molecular flexibility index (Phi) is 3.71. The molecule has 0 aliphatic carbocycles. The molecule has 3 heteroatoms. The van der Waals surface area contributed by atoms with E-state index in [0.29, 0.717) is 0 Å².